The predicted molar refractivity (Wildman–Crippen MR) is 155 cm³/mol. The van der Waals surface area contributed by atoms with Crippen molar-refractivity contribution in [2.24, 2.45) is 17.1 Å². The highest BCUT2D eigenvalue weighted by molar-refractivity contribution is 5.96. The van der Waals surface area contributed by atoms with Crippen molar-refractivity contribution in [1.29, 1.82) is 0 Å². The minimum Gasteiger partial charge on any atom is -0.508 e. The van der Waals surface area contributed by atoms with Crippen molar-refractivity contribution in [1.82, 2.24) is 10.2 Å². The van der Waals surface area contributed by atoms with Crippen molar-refractivity contribution < 1.29 is 19.8 Å². The fourth-order valence-corrected chi connectivity index (χ4v) is 5.56. The summed E-state index contributed by atoms with van der Waals surface area (Å²) in [6, 6.07) is 16.6. The molecule has 0 heterocycles. The van der Waals surface area contributed by atoms with E-state index in [1.165, 1.54) is 0 Å². The molecule has 7 heteroatoms. The lowest BCUT2D eigenvalue weighted by Gasteiger charge is -2.42. The van der Waals surface area contributed by atoms with Crippen molar-refractivity contribution in [2.45, 2.75) is 59.1 Å². The lowest BCUT2D eigenvalue weighted by molar-refractivity contribution is -0.132. The Labute approximate surface area is 232 Å². The third-order valence-corrected chi connectivity index (χ3v) is 7.42. The monoisotopic (exact) mass is 533 g/mol. The predicted octanol–water partition coefficient (Wildman–Crippen LogP) is 4.10. The van der Waals surface area contributed by atoms with Gasteiger partial charge in [-0.2, -0.15) is 0 Å². The highest BCUT2D eigenvalue weighted by Crippen LogP contribution is 2.44. The van der Waals surface area contributed by atoms with Gasteiger partial charge < -0.3 is 26.2 Å². The van der Waals surface area contributed by atoms with Crippen LogP contribution >= 0.6 is 0 Å². The average molecular weight is 534 g/mol. The highest BCUT2D eigenvalue weighted by Gasteiger charge is 2.48. The molecule has 1 unspecified atom stereocenters. The molecule has 2 aromatic rings. The summed E-state index contributed by atoms with van der Waals surface area (Å²) in [6.07, 6.45) is 4.89. The molecule has 0 radical (unpaired) electrons. The molecule has 39 heavy (non-hydrogen) atoms. The van der Waals surface area contributed by atoms with E-state index >= 15 is 0 Å². The van der Waals surface area contributed by atoms with E-state index in [1.807, 2.05) is 68.2 Å². The Bertz CT molecular complexity index is 1150. The number of phenols is 1. The van der Waals surface area contributed by atoms with Gasteiger partial charge in [0.2, 0.25) is 11.8 Å². The van der Waals surface area contributed by atoms with Crippen molar-refractivity contribution >= 4 is 11.8 Å². The van der Waals surface area contributed by atoms with Crippen molar-refractivity contribution in [2.75, 3.05) is 19.6 Å². The van der Waals surface area contributed by atoms with Gasteiger partial charge in [-0.05, 0) is 55.9 Å². The fourth-order valence-electron chi connectivity index (χ4n) is 5.56. The van der Waals surface area contributed by atoms with Crippen LogP contribution in [0.25, 0.3) is 0 Å². The number of rotatable bonds is 14. The molecule has 0 fully saturated rings. The van der Waals surface area contributed by atoms with E-state index < -0.39 is 23.3 Å². The number of nitrogens with two attached hydrogens (primary N) is 1. The quantitative estimate of drug-likeness (QED) is 0.292. The zero-order valence-electron chi connectivity index (χ0n) is 23.4. The van der Waals surface area contributed by atoms with E-state index in [9.17, 15) is 19.8 Å². The molecule has 7 nitrogen and oxygen atoms in total. The summed E-state index contributed by atoms with van der Waals surface area (Å²) in [5.74, 6) is -1.12. The van der Waals surface area contributed by atoms with Gasteiger partial charge in [-0.1, -0.05) is 74.0 Å². The van der Waals surface area contributed by atoms with E-state index in [4.69, 9.17) is 5.73 Å². The van der Waals surface area contributed by atoms with E-state index in [2.05, 4.69) is 5.32 Å². The molecule has 2 aromatic carbocycles. The van der Waals surface area contributed by atoms with E-state index in [0.717, 1.165) is 29.5 Å². The summed E-state index contributed by atoms with van der Waals surface area (Å²) in [4.78, 5) is 28.8. The summed E-state index contributed by atoms with van der Waals surface area (Å²) in [7, 11) is 0. The first-order valence-corrected chi connectivity index (χ1v) is 13.9. The number of aliphatic hydroxyl groups is 1. The number of aliphatic hydroxyl groups excluding tert-OH is 1. The van der Waals surface area contributed by atoms with E-state index in [1.54, 1.807) is 24.3 Å². The first-order valence-electron chi connectivity index (χ1n) is 13.9. The van der Waals surface area contributed by atoms with Gasteiger partial charge in [0.1, 0.15) is 5.75 Å². The number of hydrogen-bond donors (Lipinski definition) is 4. The second kappa shape index (κ2) is 14.1. The van der Waals surface area contributed by atoms with Gasteiger partial charge in [0, 0.05) is 37.7 Å². The summed E-state index contributed by atoms with van der Waals surface area (Å²) in [5.41, 5.74) is 8.14. The average Bonchev–Trinajstić information content (AvgIpc) is 2.92. The Hall–Kier alpha value is -3.42. The first-order chi connectivity index (χ1) is 18.7. The lowest BCUT2D eigenvalue weighted by Crippen LogP contribution is -2.51. The Morgan fingerprint density at radius 3 is 2.26 bits per heavy atom. The van der Waals surface area contributed by atoms with Crippen molar-refractivity contribution in [3.63, 3.8) is 0 Å². The van der Waals surface area contributed by atoms with Crippen LogP contribution in [0, 0.1) is 11.3 Å². The number of hydrogen-bond acceptors (Lipinski definition) is 5. The van der Waals surface area contributed by atoms with Crippen LogP contribution < -0.4 is 11.1 Å². The second-order valence-corrected chi connectivity index (χ2v) is 10.6. The molecule has 3 rings (SSSR count). The summed E-state index contributed by atoms with van der Waals surface area (Å²) in [5, 5.41) is 24.7. The third-order valence-electron chi connectivity index (χ3n) is 7.42. The second-order valence-electron chi connectivity index (χ2n) is 10.6. The molecule has 2 amide bonds. The number of phenolic OH excluding ortho intramolecular Hbond substituents is 1. The van der Waals surface area contributed by atoms with E-state index in [-0.39, 0.29) is 24.6 Å². The molecule has 3 atom stereocenters. The lowest BCUT2D eigenvalue weighted by atomic mass is 9.63. The Balaban J connectivity index is 1.95. The van der Waals surface area contributed by atoms with Crippen LogP contribution in [-0.2, 0) is 22.6 Å². The number of primary amides is 1. The number of nitrogens with zero attached hydrogens (tertiary/aromatic N) is 1. The van der Waals surface area contributed by atoms with Gasteiger partial charge in [-0.25, -0.2) is 0 Å². The Kier molecular flexibility index (Phi) is 10.9. The molecule has 1 aliphatic rings. The van der Waals surface area contributed by atoms with Gasteiger partial charge in [0.15, 0.2) is 0 Å². The van der Waals surface area contributed by atoms with Crippen LogP contribution in [0.1, 0.15) is 51.2 Å². The molecule has 0 spiro atoms. The van der Waals surface area contributed by atoms with Gasteiger partial charge in [-0.15, -0.1) is 0 Å². The third kappa shape index (κ3) is 7.80. The minimum atomic E-state index is -1.26. The molecule has 0 saturated heterocycles. The number of carbonyl (C=O) groups excluding carboxylic acids is 2. The van der Waals surface area contributed by atoms with Crippen LogP contribution in [0.3, 0.4) is 0 Å². The number of carbonyl (C=O) groups is 2. The molecular formula is C32H43N3O4. The maximum Gasteiger partial charge on any atom is 0.249 e. The Morgan fingerprint density at radius 1 is 1.03 bits per heavy atom. The largest absolute Gasteiger partial charge is 0.508 e. The number of aromatic hydroxyl groups is 1. The summed E-state index contributed by atoms with van der Waals surface area (Å²) >= 11 is 0. The Morgan fingerprint density at radius 2 is 1.67 bits per heavy atom. The highest BCUT2D eigenvalue weighted by atomic mass is 16.3. The van der Waals surface area contributed by atoms with Crippen LogP contribution in [0.2, 0.25) is 0 Å². The normalized spacial score (nSPS) is 18.6. The van der Waals surface area contributed by atoms with Gasteiger partial charge in [0.05, 0.1) is 11.5 Å². The number of allylic oxidation sites excluding steroid dienone is 2. The maximum absolute atomic E-state index is 13.6. The number of nitrogens with one attached hydrogen (secondary N) is 1. The minimum absolute atomic E-state index is 0.0862. The van der Waals surface area contributed by atoms with Crippen LogP contribution in [0.15, 0.2) is 77.9 Å². The molecule has 5 N–H and O–H groups in total. The molecule has 0 aliphatic heterocycles. The van der Waals surface area contributed by atoms with Gasteiger partial charge in [-0.3, -0.25) is 9.59 Å². The SMILES string of the molecule is CCCN(CCC)C(=O)C1=CC(C)=CC(C(N)=O)([C@H](Cc2ccc(O)cc2)[C@@H](O)CNCc2ccccc2)C1. The number of benzene rings is 2. The first kappa shape index (κ1) is 30.1. The van der Waals surface area contributed by atoms with E-state index in [0.29, 0.717) is 31.6 Å². The van der Waals surface area contributed by atoms with Gasteiger partial charge >= 0.3 is 0 Å². The smallest absolute Gasteiger partial charge is 0.249 e. The molecular weight excluding hydrogens is 490 g/mol. The maximum atomic E-state index is 13.6. The molecule has 210 valence electrons. The molecule has 0 bridgehead atoms. The molecule has 0 aromatic heterocycles. The fraction of sp³-hybridized carbons (Fsp3) is 0.438. The van der Waals surface area contributed by atoms with Crippen LogP contribution in [0.5, 0.6) is 5.75 Å². The van der Waals surface area contributed by atoms with Crippen LogP contribution in [-0.4, -0.2) is 52.7 Å². The summed E-state index contributed by atoms with van der Waals surface area (Å²) < 4.78 is 0. The zero-order valence-corrected chi connectivity index (χ0v) is 23.4. The topological polar surface area (TPSA) is 116 Å². The summed E-state index contributed by atoms with van der Waals surface area (Å²) in [6.45, 7) is 8.02. The molecule has 0 saturated carbocycles. The van der Waals surface area contributed by atoms with Crippen molar-refractivity contribution in [3.8, 4) is 5.75 Å². The molecule has 1 aliphatic carbocycles. The standard InChI is InChI=1S/C32H43N3O4/c1-4-15-35(16-5-2)30(38)26-17-23(3)19-32(20-26,31(33)39)28(18-24-11-13-27(36)14-12-24)29(37)22-34-21-25-9-7-6-8-10-25/h6-14,17,19,28-29,34,36-37H,4-5,15-16,18,20-22H2,1-3H3,(H2,33,39)/t28-,29+,32?/m1/s1. The van der Waals surface area contributed by atoms with Gasteiger partial charge in [0.25, 0.3) is 0 Å². The zero-order chi connectivity index (χ0) is 28.4. The van der Waals surface area contributed by atoms with Crippen molar-refractivity contribution in [3.05, 3.63) is 89.0 Å². The van der Waals surface area contributed by atoms with Crippen LogP contribution in [0.4, 0.5) is 0 Å². The number of amides is 2.